The monoisotopic (exact) mass is 409 g/mol. The van der Waals surface area contributed by atoms with E-state index in [-0.39, 0.29) is 35.6 Å². The standard InChI is InChI=1S/C22H35N3O2.ClH/c1-15(2)19(21(27)25-13-11-18(23-6)12-14-25)24-20(26)16-7-9-17(10-8-16)22(3,4)5;/h7-10,15,18-19,23H,11-14H2,1-6H3,(H,24,26);1H. The summed E-state index contributed by atoms with van der Waals surface area (Å²) in [5.74, 6) is -0.121. The third-order valence-electron chi connectivity index (χ3n) is 5.45. The normalized spacial score (nSPS) is 16.5. The quantitative estimate of drug-likeness (QED) is 0.783. The minimum absolute atomic E-state index is 0. The van der Waals surface area contributed by atoms with E-state index in [0.717, 1.165) is 25.9 Å². The fraction of sp³-hybridized carbons (Fsp3) is 0.636. The molecule has 0 saturated carbocycles. The van der Waals surface area contributed by atoms with Crippen LogP contribution in [0.2, 0.25) is 0 Å². The Morgan fingerprint density at radius 1 is 1.07 bits per heavy atom. The van der Waals surface area contributed by atoms with Gasteiger partial charge in [0.05, 0.1) is 0 Å². The lowest BCUT2D eigenvalue weighted by Crippen LogP contribution is -2.54. The fourth-order valence-corrected chi connectivity index (χ4v) is 3.44. The van der Waals surface area contributed by atoms with Crippen LogP contribution in [0.5, 0.6) is 0 Å². The Labute approximate surface area is 176 Å². The van der Waals surface area contributed by atoms with Gasteiger partial charge in [0.2, 0.25) is 5.91 Å². The smallest absolute Gasteiger partial charge is 0.251 e. The molecule has 1 heterocycles. The van der Waals surface area contributed by atoms with Crippen molar-refractivity contribution in [1.82, 2.24) is 15.5 Å². The van der Waals surface area contributed by atoms with Crippen LogP contribution in [0.3, 0.4) is 0 Å². The minimum Gasteiger partial charge on any atom is -0.341 e. The predicted octanol–water partition coefficient (Wildman–Crippen LogP) is 3.37. The zero-order valence-corrected chi connectivity index (χ0v) is 18.9. The van der Waals surface area contributed by atoms with Gasteiger partial charge >= 0.3 is 0 Å². The van der Waals surface area contributed by atoms with E-state index in [4.69, 9.17) is 0 Å². The summed E-state index contributed by atoms with van der Waals surface area (Å²) in [6.07, 6.45) is 1.91. The van der Waals surface area contributed by atoms with Crippen LogP contribution in [-0.2, 0) is 10.2 Å². The van der Waals surface area contributed by atoms with Gasteiger partial charge in [0.15, 0.2) is 0 Å². The number of halogens is 1. The Morgan fingerprint density at radius 2 is 1.61 bits per heavy atom. The Morgan fingerprint density at radius 3 is 2.04 bits per heavy atom. The maximum Gasteiger partial charge on any atom is 0.251 e. The van der Waals surface area contributed by atoms with Crippen molar-refractivity contribution in [2.45, 2.75) is 65.0 Å². The molecule has 1 aromatic carbocycles. The Kier molecular flexibility index (Phi) is 8.96. The first-order chi connectivity index (χ1) is 12.6. The average molecular weight is 410 g/mol. The molecule has 2 N–H and O–H groups in total. The van der Waals surface area contributed by atoms with Crippen molar-refractivity contribution in [3.8, 4) is 0 Å². The van der Waals surface area contributed by atoms with Crippen molar-refractivity contribution >= 4 is 24.2 Å². The number of nitrogens with one attached hydrogen (secondary N) is 2. The minimum atomic E-state index is -0.495. The van der Waals surface area contributed by atoms with Gasteiger partial charge in [-0.25, -0.2) is 0 Å². The van der Waals surface area contributed by atoms with E-state index in [1.165, 1.54) is 5.56 Å². The summed E-state index contributed by atoms with van der Waals surface area (Å²) in [6, 6.07) is 7.65. The molecular weight excluding hydrogens is 374 g/mol. The zero-order chi connectivity index (χ0) is 20.2. The van der Waals surface area contributed by atoms with E-state index >= 15 is 0 Å². The highest BCUT2D eigenvalue weighted by molar-refractivity contribution is 5.97. The highest BCUT2D eigenvalue weighted by atomic mass is 35.5. The zero-order valence-electron chi connectivity index (χ0n) is 18.0. The molecule has 0 aromatic heterocycles. The van der Waals surface area contributed by atoms with Crippen LogP contribution in [-0.4, -0.2) is 48.9 Å². The second-order valence-corrected chi connectivity index (χ2v) is 8.91. The summed E-state index contributed by atoms with van der Waals surface area (Å²) in [6.45, 7) is 11.9. The first-order valence-electron chi connectivity index (χ1n) is 10.0. The number of benzene rings is 1. The maximum absolute atomic E-state index is 13.0. The van der Waals surface area contributed by atoms with E-state index in [2.05, 4.69) is 31.4 Å². The number of nitrogens with zero attached hydrogens (tertiary/aromatic N) is 1. The molecule has 6 heteroatoms. The fourth-order valence-electron chi connectivity index (χ4n) is 3.44. The number of piperidine rings is 1. The summed E-state index contributed by atoms with van der Waals surface area (Å²) in [7, 11) is 1.96. The molecule has 2 amide bonds. The molecule has 0 aliphatic carbocycles. The number of carbonyl (C=O) groups excluding carboxylic acids is 2. The lowest BCUT2D eigenvalue weighted by Gasteiger charge is -2.35. The third-order valence-corrected chi connectivity index (χ3v) is 5.45. The first kappa shape index (κ1) is 24.4. The van der Waals surface area contributed by atoms with Crippen LogP contribution in [0.4, 0.5) is 0 Å². The molecule has 1 aliphatic rings. The van der Waals surface area contributed by atoms with E-state index < -0.39 is 6.04 Å². The SMILES string of the molecule is CNC1CCN(C(=O)C(NC(=O)c2ccc(C(C)(C)C)cc2)C(C)C)CC1.Cl. The van der Waals surface area contributed by atoms with Crippen LogP contribution in [0.15, 0.2) is 24.3 Å². The molecule has 1 aromatic rings. The molecule has 2 rings (SSSR count). The Balaban J connectivity index is 0.00000392. The maximum atomic E-state index is 13.0. The molecule has 1 unspecified atom stereocenters. The molecule has 1 aliphatic heterocycles. The summed E-state index contributed by atoms with van der Waals surface area (Å²) in [5, 5.41) is 6.24. The van der Waals surface area contributed by atoms with Gasteiger partial charge in [0, 0.05) is 24.7 Å². The second kappa shape index (κ2) is 10.3. The summed E-state index contributed by atoms with van der Waals surface area (Å²) in [4.78, 5) is 27.6. The Hall–Kier alpha value is -1.59. The van der Waals surface area contributed by atoms with Crippen molar-refractivity contribution < 1.29 is 9.59 Å². The predicted molar refractivity (Wildman–Crippen MR) is 117 cm³/mol. The average Bonchev–Trinajstić information content (AvgIpc) is 2.64. The van der Waals surface area contributed by atoms with Crippen LogP contribution in [0, 0.1) is 5.92 Å². The molecule has 28 heavy (non-hydrogen) atoms. The second-order valence-electron chi connectivity index (χ2n) is 8.91. The number of carbonyl (C=O) groups is 2. The molecule has 5 nitrogen and oxygen atoms in total. The number of amides is 2. The molecule has 0 spiro atoms. The van der Waals surface area contributed by atoms with Gasteiger partial charge in [0.1, 0.15) is 6.04 Å². The highest BCUT2D eigenvalue weighted by Gasteiger charge is 2.31. The van der Waals surface area contributed by atoms with Crippen molar-refractivity contribution in [3.63, 3.8) is 0 Å². The molecular formula is C22H36ClN3O2. The Bertz CT molecular complexity index is 645. The van der Waals surface area contributed by atoms with Gasteiger partial charge in [-0.15, -0.1) is 12.4 Å². The van der Waals surface area contributed by atoms with Gasteiger partial charge < -0.3 is 15.5 Å². The van der Waals surface area contributed by atoms with Crippen LogP contribution in [0.1, 0.15) is 63.4 Å². The number of rotatable bonds is 5. The third kappa shape index (κ3) is 6.21. The molecule has 0 radical (unpaired) electrons. The first-order valence-corrected chi connectivity index (χ1v) is 10.0. The number of likely N-dealkylation sites (tertiary alicyclic amines) is 1. The topological polar surface area (TPSA) is 61.4 Å². The van der Waals surface area contributed by atoms with Gasteiger partial charge in [-0.05, 0) is 48.9 Å². The van der Waals surface area contributed by atoms with Crippen LogP contribution >= 0.6 is 12.4 Å². The number of hydrogen-bond acceptors (Lipinski definition) is 3. The summed E-state index contributed by atoms with van der Waals surface area (Å²) in [5.41, 5.74) is 1.82. The largest absolute Gasteiger partial charge is 0.341 e. The van der Waals surface area contributed by atoms with Gasteiger partial charge in [-0.2, -0.15) is 0 Å². The van der Waals surface area contributed by atoms with E-state index in [1.807, 2.05) is 50.1 Å². The van der Waals surface area contributed by atoms with Crippen molar-refractivity contribution in [3.05, 3.63) is 35.4 Å². The van der Waals surface area contributed by atoms with Crippen LogP contribution < -0.4 is 10.6 Å². The molecule has 0 bridgehead atoms. The lowest BCUT2D eigenvalue weighted by molar-refractivity contribution is -0.135. The van der Waals surface area contributed by atoms with Crippen molar-refractivity contribution in [2.24, 2.45) is 5.92 Å². The molecule has 158 valence electrons. The van der Waals surface area contributed by atoms with E-state index in [0.29, 0.717) is 11.6 Å². The summed E-state index contributed by atoms with van der Waals surface area (Å²) >= 11 is 0. The van der Waals surface area contributed by atoms with E-state index in [1.54, 1.807) is 0 Å². The summed E-state index contributed by atoms with van der Waals surface area (Å²) < 4.78 is 0. The van der Waals surface area contributed by atoms with E-state index in [9.17, 15) is 9.59 Å². The number of hydrogen-bond donors (Lipinski definition) is 2. The molecule has 1 saturated heterocycles. The van der Waals surface area contributed by atoms with Crippen LogP contribution in [0.25, 0.3) is 0 Å². The highest BCUT2D eigenvalue weighted by Crippen LogP contribution is 2.22. The van der Waals surface area contributed by atoms with Gasteiger partial charge in [-0.3, -0.25) is 9.59 Å². The van der Waals surface area contributed by atoms with Gasteiger partial charge in [0.25, 0.3) is 5.91 Å². The van der Waals surface area contributed by atoms with Gasteiger partial charge in [-0.1, -0.05) is 46.8 Å². The lowest BCUT2D eigenvalue weighted by atomic mass is 9.86. The van der Waals surface area contributed by atoms with Crippen molar-refractivity contribution in [1.29, 1.82) is 0 Å². The molecule has 1 fully saturated rings. The van der Waals surface area contributed by atoms with Crippen molar-refractivity contribution in [2.75, 3.05) is 20.1 Å². The molecule has 1 atom stereocenters.